The van der Waals surface area contributed by atoms with Crippen molar-refractivity contribution in [2.75, 3.05) is 13.2 Å². The van der Waals surface area contributed by atoms with Gasteiger partial charge in [-0.25, -0.2) is 4.18 Å². The van der Waals surface area contributed by atoms with E-state index in [2.05, 4.69) is 4.18 Å². The highest BCUT2D eigenvalue weighted by Crippen LogP contribution is 1.89. The lowest BCUT2D eigenvalue weighted by molar-refractivity contribution is 0.0517. The van der Waals surface area contributed by atoms with E-state index in [4.69, 9.17) is 32.3 Å². The fraction of sp³-hybridized carbons (Fsp3) is 1.00. The quantitative estimate of drug-likeness (QED) is 0.343. The number of aliphatic hydroxyl groups excluding tert-OH is 2. The van der Waals surface area contributed by atoms with Gasteiger partial charge in [0.25, 0.3) is 0 Å². The summed E-state index contributed by atoms with van der Waals surface area (Å²) >= 11 is 0. The molecule has 0 saturated carbocycles. The molecule has 0 rings (SSSR count). The van der Waals surface area contributed by atoms with Crippen molar-refractivity contribution in [1.82, 2.24) is 0 Å². The van der Waals surface area contributed by atoms with Crippen LogP contribution in [0.5, 0.6) is 0 Å². The molecule has 0 bridgehead atoms. The Balaban J connectivity index is 0. The van der Waals surface area contributed by atoms with Crippen LogP contribution in [-0.2, 0) is 25.0 Å². The van der Waals surface area contributed by atoms with Crippen LogP contribution in [-0.4, -0.2) is 60.0 Å². The largest absolute Gasteiger partial charge is 0.397 e. The molecule has 0 amide bonds. The van der Waals surface area contributed by atoms with Gasteiger partial charge in [0.15, 0.2) is 0 Å². The maximum atomic E-state index is 9.79. The zero-order valence-corrected chi connectivity index (χ0v) is 8.72. The van der Waals surface area contributed by atoms with E-state index in [1.165, 1.54) is 0 Å². The highest BCUT2D eigenvalue weighted by molar-refractivity contribution is 7.80. The average molecular weight is 270 g/mol. The summed E-state index contributed by atoms with van der Waals surface area (Å²) in [5, 5.41) is 16.6. The van der Waals surface area contributed by atoms with E-state index in [1.807, 2.05) is 0 Å². The molecular formula is C3H10O10S2. The highest BCUT2D eigenvalue weighted by atomic mass is 32.3. The second-order valence-corrected chi connectivity index (χ2v) is 3.98. The van der Waals surface area contributed by atoms with Gasteiger partial charge in [0.05, 0.1) is 13.2 Å². The zero-order valence-electron chi connectivity index (χ0n) is 7.09. The van der Waals surface area contributed by atoms with Gasteiger partial charge in [0, 0.05) is 0 Å². The molecule has 0 aromatic rings. The van der Waals surface area contributed by atoms with E-state index in [9.17, 15) is 8.42 Å². The lowest BCUT2D eigenvalue weighted by Crippen LogP contribution is -2.21. The Morgan fingerprint density at radius 2 is 1.40 bits per heavy atom. The predicted octanol–water partition coefficient (Wildman–Crippen LogP) is -2.49. The summed E-state index contributed by atoms with van der Waals surface area (Å²) in [6, 6.07) is 0. The first-order chi connectivity index (χ1) is 6.45. The Labute approximate surface area is 85.6 Å². The Bertz CT molecular complexity index is 331. The summed E-state index contributed by atoms with van der Waals surface area (Å²) in [6.45, 7) is -1.26. The van der Waals surface area contributed by atoms with Crippen molar-refractivity contribution in [3.63, 3.8) is 0 Å². The molecule has 0 aromatic heterocycles. The molecule has 0 radical (unpaired) electrons. The number of aliphatic hydroxyl groups is 2. The summed E-state index contributed by atoms with van der Waals surface area (Å²) in [5.41, 5.74) is 0. The smallest absolute Gasteiger partial charge is 0.394 e. The van der Waals surface area contributed by atoms with Crippen LogP contribution < -0.4 is 0 Å². The van der Waals surface area contributed by atoms with E-state index >= 15 is 0 Å². The van der Waals surface area contributed by atoms with Crippen LogP contribution in [0.1, 0.15) is 0 Å². The molecule has 0 saturated heterocycles. The Hall–Kier alpha value is -0.340. The van der Waals surface area contributed by atoms with Crippen molar-refractivity contribution in [3.8, 4) is 0 Å². The number of rotatable bonds is 4. The van der Waals surface area contributed by atoms with Crippen molar-refractivity contribution in [1.29, 1.82) is 0 Å². The fourth-order valence-corrected chi connectivity index (χ4v) is 0.546. The first kappa shape index (κ1) is 17.1. The van der Waals surface area contributed by atoms with Crippen LogP contribution in [0.3, 0.4) is 0 Å². The minimum Gasteiger partial charge on any atom is -0.394 e. The summed E-state index contributed by atoms with van der Waals surface area (Å²) in [7, 11) is -9.17. The average Bonchev–Trinajstić information content (AvgIpc) is 1.95. The van der Waals surface area contributed by atoms with Gasteiger partial charge in [-0.1, -0.05) is 0 Å². The monoisotopic (exact) mass is 270 g/mol. The SMILES string of the molecule is O=S(=O)(O)O.O=S(=O)(O)OCC(O)CO. The van der Waals surface area contributed by atoms with Crippen LogP contribution in [0, 0.1) is 0 Å². The van der Waals surface area contributed by atoms with E-state index in [0.29, 0.717) is 0 Å². The Morgan fingerprint density at radius 1 is 1.07 bits per heavy atom. The standard InChI is InChI=1S/C3H8O6S.H2O4S/c4-1-3(5)2-9-10(6,7)8;1-5(2,3)4/h3-5H,1-2H2,(H,6,7,8);(H2,1,2,3,4). The Morgan fingerprint density at radius 3 is 1.60 bits per heavy atom. The summed E-state index contributed by atoms with van der Waals surface area (Å²) < 4.78 is 62.8. The number of hydrogen-bond donors (Lipinski definition) is 5. The minimum absolute atomic E-state index is 0.616. The molecular weight excluding hydrogens is 260 g/mol. The van der Waals surface area contributed by atoms with E-state index < -0.39 is 40.1 Å². The van der Waals surface area contributed by atoms with E-state index in [0.717, 1.165) is 0 Å². The molecule has 0 aliphatic heterocycles. The molecule has 1 atom stereocenters. The van der Waals surface area contributed by atoms with Gasteiger partial charge >= 0.3 is 20.8 Å². The third kappa shape index (κ3) is 31.7. The molecule has 1 unspecified atom stereocenters. The minimum atomic E-state index is -4.67. The first-order valence-corrected chi connectivity index (χ1v) is 5.82. The van der Waals surface area contributed by atoms with Crippen LogP contribution >= 0.6 is 0 Å². The van der Waals surface area contributed by atoms with Crippen LogP contribution in [0.2, 0.25) is 0 Å². The van der Waals surface area contributed by atoms with Gasteiger partial charge in [-0.15, -0.1) is 0 Å². The lowest BCUT2D eigenvalue weighted by Gasteiger charge is -2.03. The molecule has 0 fully saturated rings. The van der Waals surface area contributed by atoms with Crippen LogP contribution in [0.15, 0.2) is 0 Å². The highest BCUT2D eigenvalue weighted by Gasteiger charge is 2.08. The second kappa shape index (κ2) is 7.02. The third-order valence-electron chi connectivity index (χ3n) is 0.620. The van der Waals surface area contributed by atoms with Gasteiger partial charge in [-0.3, -0.25) is 13.7 Å². The number of hydrogen-bond acceptors (Lipinski definition) is 7. The third-order valence-corrected chi connectivity index (χ3v) is 1.05. The molecule has 94 valence electrons. The maximum Gasteiger partial charge on any atom is 0.397 e. The molecule has 0 aromatic carbocycles. The lowest BCUT2D eigenvalue weighted by atomic mass is 10.4. The molecule has 0 aliphatic carbocycles. The van der Waals surface area contributed by atoms with E-state index in [-0.39, 0.29) is 0 Å². The normalized spacial score (nSPS) is 13.9. The molecule has 0 aliphatic rings. The van der Waals surface area contributed by atoms with Gasteiger partial charge in [0.1, 0.15) is 6.10 Å². The van der Waals surface area contributed by atoms with Gasteiger partial charge in [0.2, 0.25) is 0 Å². The molecule has 12 heteroatoms. The zero-order chi connectivity index (χ0) is 12.7. The molecule has 5 N–H and O–H groups in total. The second-order valence-electron chi connectivity index (χ2n) is 2.00. The van der Waals surface area contributed by atoms with Crippen molar-refractivity contribution >= 4 is 20.8 Å². The van der Waals surface area contributed by atoms with Gasteiger partial charge in [-0.05, 0) is 0 Å². The van der Waals surface area contributed by atoms with Crippen molar-refractivity contribution < 1.29 is 44.9 Å². The molecule has 0 spiro atoms. The van der Waals surface area contributed by atoms with Gasteiger partial charge in [-0.2, -0.15) is 16.8 Å². The topological polar surface area (TPSA) is 179 Å². The van der Waals surface area contributed by atoms with Crippen LogP contribution in [0.25, 0.3) is 0 Å². The first-order valence-electron chi connectivity index (χ1n) is 3.06. The van der Waals surface area contributed by atoms with E-state index in [1.54, 1.807) is 0 Å². The summed E-state index contributed by atoms with van der Waals surface area (Å²) in [6.07, 6.45) is -1.29. The summed E-state index contributed by atoms with van der Waals surface area (Å²) in [4.78, 5) is 0. The molecule has 15 heavy (non-hydrogen) atoms. The Kier molecular flexibility index (Phi) is 7.99. The molecule has 0 heterocycles. The summed E-state index contributed by atoms with van der Waals surface area (Å²) in [5.74, 6) is 0. The predicted molar refractivity (Wildman–Crippen MR) is 44.8 cm³/mol. The molecule has 10 nitrogen and oxygen atoms in total. The maximum absolute atomic E-state index is 9.79. The van der Waals surface area contributed by atoms with Crippen molar-refractivity contribution in [2.24, 2.45) is 0 Å². The van der Waals surface area contributed by atoms with Crippen LogP contribution in [0.4, 0.5) is 0 Å². The van der Waals surface area contributed by atoms with Gasteiger partial charge < -0.3 is 10.2 Å². The van der Waals surface area contributed by atoms with Crippen molar-refractivity contribution in [3.05, 3.63) is 0 Å². The van der Waals surface area contributed by atoms with Crippen molar-refractivity contribution in [2.45, 2.75) is 6.10 Å². The fourth-order valence-electron chi connectivity index (χ4n) is 0.217.